The summed E-state index contributed by atoms with van der Waals surface area (Å²) in [6.07, 6.45) is 0. The lowest BCUT2D eigenvalue weighted by molar-refractivity contribution is 0.0772. The third-order valence-corrected chi connectivity index (χ3v) is 4.57. The first-order valence-corrected chi connectivity index (χ1v) is 8.57. The molecule has 4 heteroatoms. The molecule has 3 aromatic rings. The van der Waals surface area contributed by atoms with Crippen LogP contribution in [-0.4, -0.2) is 13.0 Å². The predicted octanol–water partition coefficient (Wildman–Crippen LogP) is 5.17. The molecular formula is C20H16INO2. The first-order valence-electron chi connectivity index (χ1n) is 7.49. The molecule has 0 radical (unpaired) electrons. The molecule has 3 nitrogen and oxygen atoms in total. The van der Waals surface area contributed by atoms with Gasteiger partial charge in [0.2, 0.25) is 0 Å². The molecule has 0 saturated heterocycles. The zero-order chi connectivity index (χ0) is 16.9. The third-order valence-electron chi connectivity index (χ3n) is 3.66. The first kappa shape index (κ1) is 16.7. The highest BCUT2D eigenvalue weighted by Crippen LogP contribution is 2.30. The highest BCUT2D eigenvalue weighted by atomic mass is 127. The maximum atomic E-state index is 12.8. The summed E-state index contributed by atoms with van der Waals surface area (Å²) in [5.74, 6) is -0.193. The van der Waals surface area contributed by atoms with Crippen molar-refractivity contribution in [1.29, 1.82) is 0 Å². The minimum atomic E-state index is -0.193. The van der Waals surface area contributed by atoms with Gasteiger partial charge in [-0.2, -0.15) is 5.06 Å². The van der Waals surface area contributed by atoms with E-state index in [1.54, 1.807) is 12.1 Å². The average Bonchev–Trinajstić information content (AvgIpc) is 2.65. The molecule has 1 amide bonds. The second kappa shape index (κ2) is 7.59. The molecule has 0 saturated carbocycles. The second-order valence-corrected chi connectivity index (χ2v) is 6.34. The fraction of sp³-hybridized carbons (Fsp3) is 0.0500. The van der Waals surface area contributed by atoms with Crippen molar-refractivity contribution >= 4 is 34.2 Å². The van der Waals surface area contributed by atoms with Crippen LogP contribution in [0.1, 0.15) is 10.4 Å². The van der Waals surface area contributed by atoms with Gasteiger partial charge >= 0.3 is 0 Å². The number of halogens is 1. The summed E-state index contributed by atoms with van der Waals surface area (Å²) in [5.41, 5.74) is 3.45. The van der Waals surface area contributed by atoms with Crippen LogP contribution in [0.2, 0.25) is 0 Å². The van der Waals surface area contributed by atoms with Gasteiger partial charge in [-0.25, -0.2) is 0 Å². The molecule has 24 heavy (non-hydrogen) atoms. The molecule has 0 aliphatic rings. The number of anilines is 1. The maximum absolute atomic E-state index is 12.8. The molecule has 0 atom stereocenters. The maximum Gasteiger partial charge on any atom is 0.282 e. The highest BCUT2D eigenvalue weighted by Gasteiger charge is 2.20. The monoisotopic (exact) mass is 429 g/mol. The molecule has 0 spiro atoms. The summed E-state index contributed by atoms with van der Waals surface area (Å²) in [4.78, 5) is 18.2. The van der Waals surface area contributed by atoms with Gasteiger partial charge in [0.25, 0.3) is 5.91 Å². The number of nitrogens with zero attached hydrogens (tertiary/aromatic N) is 1. The minimum absolute atomic E-state index is 0.193. The molecule has 3 aromatic carbocycles. The van der Waals surface area contributed by atoms with E-state index in [9.17, 15) is 4.79 Å². The van der Waals surface area contributed by atoms with Gasteiger partial charge in [0, 0.05) is 9.13 Å². The van der Waals surface area contributed by atoms with E-state index in [1.807, 2.05) is 66.7 Å². The number of carbonyl (C=O) groups excluding carboxylic acids is 1. The van der Waals surface area contributed by atoms with Crippen molar-refractivity contribution in [2.45, 2.75) is 0 Å². The molecular weight excluding hydrogens is 413 g/mol. The largest absolute Gasteiger partial charge is 0.282 e. The van der Waals surface area contributed by atoms with Gasteiger partial charge in [-0.3, -0.25) is 9.63 Å². The number of hydrogen-bond donors (Lipinski definition) is 0. The lowest BCUT2D eigenvalue weighted by Gasteiger charge is -2.22. The van der Waals surface area contributed by atoms with E-state index in [-0.39, 0.29) is 5.91 Å². The topological polar surface area (TPSA) is 29.5 Å². The van der Waals surface area contributed by atoms with E-state index in [4.69, 9.17) is 4.84 Å². The Balaban J connectivity index is 2.02. The predicted molar refractivity (Wildman–Crippen MR) is 105 cm³/mol. The van der Waals surface area contributed by atoms with Gasteiger partial charge in [-0.05, 0) is 58.0 Å². The number of benzene rings is 3. The highest BCUT2D eigenvalue weighted by molar-refractivity contribution is 14.1. The summed E-state index contributed by atoms with van der Waals surface area (Å²) in [5, 5.41) is 1.34. The first-order chi connectivity index (χ1) is 11.7. The molecule has 0 aliphatic carbocycles. The summed E-state index contributed by atoms with van der Waals surface area (Å²) >= 11 is 2.21. The van der Waals surface area contributed by atoms with Gasteiger partial charge in [0.15, 0.2) is 0 Å². The van der Waals surface area contributed by atoms with Crippen LogP contribution in [-0.2, 0) is 4.84 Å². The van der Waals surface area contributed by atoms with Crippen LogP contribution >= 0.6 is 22.6 Å². The number of rotatable bonds is 4. The average molecular weight is 429 g/mol. The zero-order valence-electron chi connectivity index (χ0n) is 13.1. The fourth-order valence-electron chi connectivity index (χ4n) is 2.47. The molecule has 0 aliphatic heterocycles. The SMILES string of the molecule is CON(C(=O)c1ccccc1)c1cc(-c2ccccc2)ccc1I. The van der Waals surface area contributed by atoms with E-state index < -0.39 is 0 Å². The Morgan fingerprint density at radius 1 is 0.875 bits per heavy atom. The van der Waals surface area contributed by atoms with Gasteiger partial charge in [-0.1, -0.05) is 54.6 Å². The van der Waals surface area contributed by atoms with Crippen LogP contribution < -0.4 is 5.06 Å². The van der Waals surface area contributed by atoms with Crippen LogP contribution in [0.15, 0.2) is 78.9 Å². The van der Waals surface area contributed by atoms with Crippen LogP contribution in [0, 0.1) is 3.57 Å². The lowest BCUT2D eigenvalue weighted by atomic mass is 10.1. The number of hydroxylamine groups is 1. The lowest BCUT2D eigenvalue weighted by Crippen LogP contribution is -2.30. The molecule has 0 aromatic heterocycles. The normalized spacial score (nSPS) is 10.4. The van der Waals surface area contributed by atoms with Crippen molar-refractivity contribution < 1.29 is 9.63 Å². The second-order valence-electron chi connectivity index (χ2n) is 5.18. The third kappa shape index (κ3) is 3.49. The smallest absolute Gasteiger partial charge is 0.269 e. The van der Waals surface area contributed by atoms with Crippen molar-refractivity contribution in [2.24, 2.45) is 0 Å². The van der Waals surface area contributed by atoms with E-state index >= 15 is 0 Å². The standard InChI is InChI=1S/C20H16INO2/c1-24-22(20(23)16-10-6-3-7-11-16)19-14-17(12-13-18(19)21)15-8-4-2-5-9-15/h2-14H,1H3. The molecule has 0 N–H and O–H groups in total. The summed E-state index contributed by atoms with van der Waals surface area (Å²) in [7, 11) is 1.51. The summed E-state index contributed by atoms with van der Waals surface area (Å²) in [6.45, 7) is 0. The Kier molecular flexibility index (Phi) is 5.27. The van der Waals surface area contributed by atoms with Gasteiger partial charge in [0.1, 0.15) is 0 Å². The van der Waals surface area contributed by atoms with Crippen molar-refractivity contribution in [2.75, 3.05) is 12.2 Å². The number of hydrogen-bond acceptors (Lipinski definition) is 2. The molecule has 120 valence electrons. The van der Waals surface area contributed by atoms with E-state index in [0.29, 0.717) is 5.56 Å². The quantitative estimate of drug-likeness (QED) is 0.423. The Morgan fingerprint density at radius 3 is 2.12 bits per heavy atom. The molecule has 0 fully saturated rings. The van der Waals surface area contributed by atoms with Crippen molar-refractivity contribution in [3.63, 3.8) is 0 Å². The van der Waals surface area contributed by atoms with Crippen LogP contribution in [0.5, 0.6) is 0 Å². The van der Waals surface area contributed by atoms with E-state index in [2.05, 4.69) is 22.6 Å². The Labute approximate surface area is 155 Å². The van der Waals surface area contributed by atoms with Gasteiger partial charge in [-0.15, -0.1) is 0 Å². The Morgan fingerprint density at radius 2 is 1.50 bits per heavy atom. The van der Waals surface area contributed by atoms with E-state index in [0.717, 1.165) is 20.4 Å². The zero-order valence-corrected chi connectivity index (χ0v) is 15.3. The van der Waals surface area contributed by atoms with Crippen LogP contribution in [0.3, 0.4) is 0 Å². The van der Waals surface area contributed by atoms with Crippen LogP contribution in [0.4, 0.5) is 5.69 Å². The minimum Gasteiger partial charge on any atom is -0.269 e. The van der Waals surface area contributed by atoms with Crippen molar-refractivity contribution in [1.82, 2.24) is 0 Å². The number of amides is 1. The Hall–Kier alpha value is -2.18. The van der Waals surface area contributed by atoms with Crippen molar-refractivity contribution in [3.05, 3.63) is 88.0 Å². The summed E-state index contributed by atoms with van der Waals surface area (Å²) in [6, 6.07) is 25.2. The van der Waals surface area contributed by atoms with Crippen molar-refractivity contribution in [3.8, 4) is 11.1 Å². The van der Waals surface area contributed by atoms with Gasteiger partial charge < -0.3 is 0 Å². The van der Waals surface area contributed by atoms with Crippen LogP contribution in [0.25, 0.3) is 11.1 Å². The molecule has 0 heterocycles. The van der Waals surface area contributed by atoms with Gasteiger partial charge in [0.05, 0.1) is 12.8 Å². The molecule has 0 unspecified atom stereocenters. The molecule has 3 rings (SSSR count). The number of carbonyl (C=O) groups is 1. The Bertz CT molecular complexity index is 835. The summed E-state index contributed by atoms with van der Waals surface area (Å²) < 4.78 is 0.943. The fourth-order valence-corrected chi connectivity index (χ4v) is 3.02. The van der Waals surface area contributed by atoms with E-state index in [1.165, 1.54) is 12.2 Å². The molecule has 0 bridgehead atoms.